The van der Waals surface area contributed by atoms with E-state index < -0.39 is 24.2 Å². The summed E-state index contributed by atoms with van der Waals surface area (Å²) in [5.74, 6) is -2.75. The summed E-state index contributed by atoms with van der Waals surface area (Å²) in [5.41, 5.74) is -0.00176. The maximum Gasteiger partial charge on any atom is 0.252 e. The van der Waals surface area contributed by atoms with Crippen molar-refractivity contribution in [2.75, 3.05) is 0 Å². The fourth-order valence-electron chi connectivity index (χ4n) is 1.95. The molecule has 1 aromatic heterocycles. The molecule has 0 unspecified atom stereocenters. The molecule has 98 valence electrons. The largest absolute Gasteiger partial charge is 0.258 e. The molecule has 2 rings (SSSR count). The summed E-state index contributed by atoms with van der Waals surface area (Å²) >= 11 is 5.80. The lowest BCUT2D eigenvalue weighted by Crippen LogP contribution is -2.48. The third kappa shape index (κ3) is 2.62. The summed E-state index contributed by atoms with van der Waals surface area (Å²) in [6.07, 6.45) is 0.497. The van der Waals surface area contributed by atoms with E-state index in [1.807, 2.05) is 19.9 Å². The van der Waals surface area contributed by atoms with Crippen molar-refractivity contribution in [1.82, 2.24) is 4.98 Å². The highest BCUT2D eigenvalue weighted by atomic mass is 35.5. The molecule has 0 amide bonds. The van der Waals surface area contributed by atoms with E-state index in [9.17, 15) is 8.78 Å². The quantitative estimate of drug-likeness (QED) is 0.766. The fourth-order valence-corrected chi connectivity index (χ4v) is 2.05. The number of nitriles is 1. The fraction of sp³-hybridized carbons (Fsp3) is 0.538. The monoisotopic (exact) mass is 272 g/mol. The minimum absolute atomic E-state index is 0.392. The molecule has 1 aromatic rings. The second-order valence-corrected chi connectivity index (χ2v) is 4.63. The van der Waals surface area contributed by atoms with Crippen LogP contribution < -0.4 is 0 Å². The first-order valence-electron chi connectivity index (χ1n) is 5.80. The lowest BCUT2D eigenvalue weighted by atomic mass is 9.65. The molecule has 0 saturated heterocycles. The van der Waals surface area contributed by atoms with Gasteiger partial charge < -0.3 is 0 Å². The highest BCUT2D eigenvalue weighted by Gasteiger charge is 2.59. The van der Waals surface area contributed by atoms with Crippen molar-refractivity contribution < 1.29 is 8.78 Å². The molecule has 0 aromatic carbocycles. The molecule has 1 saturated carbocycles. The van der Waals surface area contributed by atoms with Crippen LogP contribution in [0.4, 0.5) is 8.78 Å². The summed E-state index contributed by atoms with van der Waals surface area (Å²) < 4.78 is 25.8. The van der Waals surface area contributed by atoms with Gasteiger partial charge in [-0.1, -0.05) is 25.4 Å². The van der Waals surface area contributed by atoms with Gasteiger partial charge in [0.15, 0.2) is 0 Å². The van der Waals surface area contributed by atoms with Crippen LogP contribution in [0.15, 0.2) is 12.3 Å². The second-order valence-electron chi connectivity index (χ2n) is 4.22. The average molecular weight is 273 g/mol. The zero-order valence-electron chi connectivity index (χ0n) is 10.6. The van der Waals surface area contributed by atoms with E-state index in [1.165, 1.54) is 6.20 Å². The highest BCUT2D eigenvalue weighted by Crippen LogP contribution is 2.52. The predicted octanol–water partition coefficient (Wildman–Crippen LogP) is 4.26. The van der Waals surface area contributed by atoms with Gasteiger partial charge in [0.25, 0.3) is 5.92 Å². The summed E-state index contributed by atoms with van der Waals surface area (Å²) in [6, 6.07) is 3.56. The van der Waals surface area contributed by atoms with Gasteiger partial charge in [-0.25, -0.2) is 8.78 Å². The van der Waals surface area contributed by atoms with Crippen molar-refractivity contribution in [3.8, 4) is 6.07 Å². The van der Waals surface area contributed by atoms with Gasteiger partial charge in [-0.05, 0) is 18.6 Å². The first-order chi connectivity index (χ1) is 8.38. The van der Waals surface area contributed by atoms with Crippen molar-refractivity contribution in [3.05, 3.63) is 28.5 Å². The molecule has 0 atom stereocenters. The first-order valence-corrected chi connectivity index (χ1v) is 6.18. The minimum Gasteiger partial charge on any atom is -0.258 e. The molecule has 5 heteroatoms. The minimum atomic E-state index is -2.75. The average Bonchev–Trinajstić information content (AvgIpc) is 2.31. The van der Waals surface area contributed by atoms with Gasteiger partial charge in [0.1, 0.15) is 5.41 Å². The normalized spacial score (nSPS) is 18.9. The van der Waals surface area contributed by atoms with E-state index >= 15 is 0 Å². The van der Waals surface area contributed by atoms with Crippen molar-refractivity contribution in [2.45, 2.75) is 45.0 Å². The Morgan fingerprint density at radius 1 is 1.39 bits per heavy atom. The van der Waals surface area contributed by atoms with Crippen LogP contribution in [0, 0.1) is 18.3 Å². The Labute approximate surface area is 111 Å². The van der Waals surface area contributed by atoms with Crippen molar-refractivity contribution in [3.63, 3.8) is 0 Å². The molecule has 1 heterocycles. The molecule has 0 radical (unpaired) electrons. The number of pyridine rings is 1. The third-order valence-corrected chi connectivity index (χ3v) is 3.27. The Hall–Kier alpha value is -1.21. The van der Waals surface area contributed by atoms with Crippen LogP contribution >= 0.6 is 11.6 Å². The molecule has 0 bridgehead atoms. The number of halogens is 3. The van der Waals surface area contributed by atoms with Crippen LogP contribution in [-0.4, -0.2) is 10.9 Å². The molecular weight excluding hydrogens is 258 g/mol. The van der Waals surface area contributed by atoms with Crippen LogP contribution in [0.25, 0.3) is 0 Å². The number of aryl methyl sites for hydroxylation is 1. The summed E-state index contributed by atoms with van der Waals surface area (Å²) in [6.45, 7) is 5.76. The topological polar surface area (TPSA) is 36.7 Å². The zero-order valence-corrected chi connectivity index (χ0v) is 11.4. The molecule has 0 aliphatic heterocycles. The lowest BCUT2D eigenvalue weighted by Gasteiger charge is -2.41. The first kappa shape index (κ1) is 14.8. The van der Waals surface area contributed by atoms with Crippen molar-refractivity contribution in [1.29, 1.82) is 5.26 Å². The molecule has 0 spiro atoms. The van der Waals surface area contributed by atoms with Gasteiger partial charge >= 0.3 is 0 Å². The number of aromatic nitrogens is 1. The Balaban J connectivity index is 0.000000771. The molecular formula is C13H15ClF2N2. The summed E-state index contributed by atoms with van der Waals surface area (Å²) in [7, 11) is 0. The molecule has 1 fully saturated rings. The maximum atomic E-state index is 12.9. The Kier molecular flexibility index (Phi) is 4.28. The second kappa shape index (κ2) is 5.19. The van der Waals surface area contributed by atoms with E-state index in [-0.39, 0.29) is 0 Å². The molecule has 0 N–H and O–H groups in total. The Bertz CT molecular complexity index is 472. The Morgan fingerprint density at radius 3 is 2.33 bits per heavy atom. The van der Waals surface area contributed by atoms with Crippen LogP contribution in [0.3, 0.4) is 0 Å². The maximum absolute atomic E-state index is 12.9. The molecule has 18 heavy (non-hydrogen) atoms. The van der Waals surface area contributed by atoms with Gasteiger partial charge in [-0.15, -0.1) is 0 Å². The van der Waals surface area contributed by atoms with Crippen LogP contribution in [0.1, 0.15) is 37.9 Å². The number of rotatable bonds is 1. The van der Waals surface area contributed by atoms with E-state index in [0.717, 1.165) is 5.56 Å². The molecule has 1 aliphatic rings. The van der Waals surface area contributed by atoms with Crippen LogP contribution in [-0.2, 0) is 5.41 Å². The SMILES string of the molecule is CC.Cc1cc(C2(C#N)CC(F)(F)C2)ncc1Cl. The number of nitrogens with zero attached hydrogens (tertiary/aromatic N) is 2. The van der Waals surface area contributed by atoms with Gasteiger partial charge in [0.05, 0.1) is 16.8 Å². The molecule has 2 nitrogen and oxygen atoms in total. The van der Waals surface area contributed by atoms with Crippen LogP contribution in [0.5, 0.6) is 0 Å². The molecule has 1 aliphatic carbocycles. The Morgan fingerprint density at radius 2 is 1.94 bits per heavy atom. The number of alkyl halides is 2. The lowest BCUT2D eigenvalue weighted by molar-refractivity contribution is -0.110. The van der Waals surface area contributed by atoms with Crippen molar-refractivity contribution >= 4 is 11.6 Å². The summed E-state index contributed by atoms with van der Waals surface area (Å²) in [5, 5.41) is 9.50. The standard InChI is InChI=1S/C11H9ClF2N2.C2H6/c1-7-2-9(16-3-8(7)12)10(6-15)4-11(13,14)5-10;1-2/h2-3H,4-5H2,1H3;1-2H3. The van der Waals surface area contributed by atoms with Gasteiger partial charge in [0, 0.05) is 19.0 Å². The van der Waals surface area contributed by atoms with Gasteiger partial charge in [-0.2, -0.15) is 5.26 Å². The van der Waals surface area contributed by atoms with Crippen LogP contribution in [0.2, 0.25) is 5.02 Å². The van der Waals surface area contributed by atoms with Gasteiger partial charge in [-0.3, -0.25) is 4.98 Å². The van der Waals surface area contributed by atoms with Gasteiger partial charge in [0.2, 0.25) is 0 Å². The van der Waals surface area contributed by atoms with E-state index in [2.05, 4.69) is 4.98 Å². The van der Waals surface area contributed by atoms with E-state index in [0.29, 0.717) is 10.7 Å². The third-order valence-electron chi connectivity index (χ3n) is 2.87. The van der Waals surface area contributed by atoms with Crippen molar-refractivity contribution in [2.24, 2.45) is 0 Å². The zero-order chi connectivity index (χ0) is 14.0. The number of hydrogen-bond acceptors (Lipinski definition) is 2. The van der Waals surface area contributed by atoms with E-state index in [4.69, 9.17) is 16.9 Å². The smallest absolute Gasteiger partial charge is 0.252 e. The number of hydrogen-bond donors (Lipinski definition) is 0. The summed E-state index contributed by atoms with van der Waals surface area (Å²) in [4.78, 5) is 3.98. The highest BCUT2D eigenvalue weighted by molar-refractivity contribution is 6.31. The van der Waals surface area contributed by atoms with E-state index in [1.54, 1.807) is 13.0 Å². The predicted molar refractivity (Wildman–Crippen MR) is 66.8 cm³/mol.